The number of rotatable bonds is 8. The molecule has 1 aromatic heterocycles. The summed E-state index contributed by atoms with van der Waals surface area (Å²) in [6.45, 7) is 1.97. The monoisotopic (exact) mass is 394 g/mol. The molecule has 0 saturated heterocycles. The van der Waals surface area contributed by atoms with Crippen molar-refractivity contribution in [2.45, 2.75) is 32.2 Å². The lowest BCUT2D eigenvalue weighted by molar-refractivity contribution is -0.121. The standard InChI is InChI=1S/C21H22N4O2S/c1-15(16-9-4-2-5-10-16)22-18(26)13-8-14-19-24-25-21(28-19)20(27)23-17-11-6-3-7-12-17/h2-7,9-12,15H,8,13-14H2,1H3,(H,22,26)(H,23,27)/t15-/m0/s1. The van der Waals surface area contributed by atoms with E-state index in [-0.39, 0.29) is 17.9 Å². The Morgan fingerprint density at radius 2 is 1.68 bits per heavy atom. The number of aromatic nitrogens is 2. The van der Waals surface area contributed by atoms with Gasteiger partial charge in [0.25, 0.3) is 5.91 Å². The molecule has 0 saturated carbocycles. The van der Waals surface area contributed by atoms with Gasteiger partial charge in [-0.3, -0.25) is 9.59 Å². The van der Waals surface area contributed by atoms with Gasteiger partial charge >= 0.3 is 0 Å². The zero-order chi connectivity index (χ0) is 19.8. The van der Waals surface area contributed by atoms with Gasteiger partial charge in [0.05, 0.1) is 6.04 Å². The second-order valence-corrected chi connectivity index (χ2v) is 7.44. The molecule has 28 heavy (non-hydrogen) atoms. The molecule has 0 bridgehead atoms. The quantitative estimate of drug-likeness (QED) is 0.605. The van der Waals surface area contributed by atoms with Gasteiger partial charge in [0.15, 0.2) is 0 Å². The van der Waals surface area contributed by atoms with E-state index < -0.39 is 0 Å². The molecule has 0 aliphatic rings. The summed E-state index contributed by atoms with van der Waals surface area (Å²) in [4.78, 5) is 24.3. The first-order valence-electron chi connectivity index (χ1n) is 9.15. The molecule has 0 spiro atoms. The predicted molar refractivity (Wildman–Crippen MR) is 110 cm³/mol. The van der Waals surface area contributed by atoms with Gasteiger partial charge in [0.2, 0.25) is 10.9 Å². The second kappa shape index (κ2) is 9.75. The summed E-state index contributed by atoms with van der Waals surface area (Å²) in [5, 5.41) is 14.9. The van der Waals surface area contributed by atoms with Gasteiger partial charge in [-0.05, 0) is 31.0 Å². The Morgan fingerprint density at radius 3 is 2.39 bits per heavy atom. The summed E-state index contributed by atoms with van der Waals surface area (Å²) in [5.41, 5.74) is 1.79. The Labute approximate surface area is 168 Å². The number of carbonyl (C=O) groups is 2. The second-order valence-electron chi connectivity index (χ2n) is 6.37. The molecule has 0 aliphatic heterocycles. The Bertz CT molecular complexity index is 912. The van der Waals surface area contributed by atoms with Crippen molar-refractivity contribution < 1.29 is 9.59 Å². The Kier molecular flexibility index (Phi) is 6.86. The van der Waals surface area contributed by atoms with Crippen molar-refractivity contribution in [2.24, 2.45) is 0 Å². The first-order valence-corrected chi connectivity index (χ1v) is 9.96. The molecule has 2 aromatic carbocycles. The number of nitrogens with zero attached hydrogens (tertiary/aromatic N) is 2. The van der Waals surface area contributed by atoms with E-state index >= 15 is 0 Å². The number of nitrogens with one attached hydrogen (secondary N) is 2. The molecule has 3 aromatic rings. The van der Waals surface area contributed by atoms with Crippen LogP contribution in [0.2, 0.25) is 0 Å². The van der Waals surface area contributed by atoms with E-state index in [4.69, 9.17) is 0 Å². The van der Waals surface area contributed by atoms with Crippen molar-refractivity contribution in [3.05, 3.63) is 76.2 Å². The fourth-order valence-electron chi connectivity index (χ4n) is 2.69. The lowest BCUT2D eigenvalue weighted by Crippen LogP contribution is -2.26. The highest BCUT2D eigenvalue weighted by Crippen LogP contribution is 2.16. The number of amides is 2. The topological polar surface area (TPSA) is 84.0 Å². The van der Waals surface area contributed by atoms with Gasteiger partial charge in [0.1, 0.15) is 5.01 Å². The van der Waals surface area contributed by atoms with Crippen LogP contribution < -0.4 is 10.6 Å². The van der Waals surface area contributed by atoms with E-state index in [1.165, 1.54) is 11.3 Å². The van der Waals surface area contributed by atoms with Gasteiger partial charge in [0, 0.05) is 18.5 Å². The molecule has 0 fully saturated rings. The number of aryl methyl sites for hydroxylation is 1. The summed E-state index contributed by atoms with van der Waals surface area (Å²) >= 11 is 1.26. The zero-order valence-electron chi connectivity index (χ0n) is 15.6. The fourth-order valence-corrected chi connectivity index (χ4v) is 3.47. The van der Waals surface area contributed by atoms with Crippen molar-refractivity contribution in [1.29, 1.82) is 0 Å². The van der Waals surface area contributed by atoms with Crippen molar-refractivity contribution >= 4 is 28.8 Å². The van der Waals surface area contributed by atoms with Crippen molar-refractivity contribution in [3.8, 4) is 0 Å². The minimum Gasteiger partial charge on any atom is -0.350 e. The minimum absolute atomic E-state index is 0.00270. The maximum absolute atomic E-state index is 12.2. The molecule has 144 valence electrons. The third-order valence-electron chi connectivity index (χ3n) is 4.16. The molecule has 0 radical (unpaired) electrons. The van der Waals surface area contributed by atoms with Crippen LogP contribution in [0.15, 0.2) is 60.7 Å². The Morgan fingerprint density at radius 1 is 1.00 bits per heavy atom. The van der Waals surface area contributed by atoms with E-state index in [9.17, 15) is 9.59 Å². The number of benzene rings is 2. The zero-order valence-corrected chi connectivity index (χ0v) is 16.4. The average Bonchev–Trinajstić information content (AvgIpc) is 3.18. The number of carbonyl (C=O) groups excluding carboxylic acids is 2. The van der Waals surface area contributed by atoms with E-state index in [0.29, 0.717) is 30.0 Å². The Hall–Kier alpha value is -3.06. The molecule has 6 nitrogen and oxygen atoms in total. The maximum Gasteiger partial charge on any atom is 0.286 e. The van der Waals surface area contributed by atoms with Crippen molar-refractivity contribution in [3.63, 3.8) is 0 Å². The van der Waals surface area contributed by atoms with Gasteiger partial charge in [-0.25, -0.2) is 0 Å². The highest BCUT2D eigenvalue weighted by atomic mass is 32.1. The van der Waals surface area contributed by atoms with Crippen LogP contribution in [0, 0.1) is 0 Å². The minimum atomic E-state index is -0.274. The van der Waals surface area contributed by atoms with Crippen LogP contribution in [0.1, 0.15) is 46.2 Å². The highest BCUT2D eigenvalue weighted by molar-refractivity contribution is 7.13. The summed E-state index contributed by atoms with van der Waals surface area (Å²) in [7, 11) is 0. The molecular formula is C21H22N4O2S. The average molecular weight is 395 g/mol. The SMILES string of the molecule is C[C@H](NC(=O)CCCc1nnc(C(=O)Nc2ccccc2)s1)c1ccccc1. The maximum atomic E-state index is 12.2. The molecule has 0 aliphatic carbocycles. The largest absolute Gasteiger partial charge is 0.350 e. The van der Waals surface area contributed by atoms with Crippen LogP contribution in [0.5, 0.6) is 0 Å². The summed E-state index contributed by atoms with van der Waals surface area (Å²) in [6.07, 6.45) is 1.67. The summed E-state index contributed by atoms with van der Waals surface area (Å²) in [5.74, 6) is -0.271. The molecule has 7 heteroatoms. The van der Waals surface area contributed by atoms with E-state index in [1.54, 1.807) is 0 Å². The van der Waals surface area contributed by atoms with Crippen molar-refractivity contribution in [2.75, 3.05) is 5.32 Å². The summed E-state index contributed by atoms with van der Waals surface area (Å²) in [6, 6.07) is 19.0. The number of anilines is 1. The highest BCUT2D eigenvalue weighted by Gasteiger charge is 2.14. The van der Waals surface area contributed by atoms with Crippen LogP contribution >= 0.6 is 11.3 Å². The first kappa shape index (κ1) is 19.7. The third kappa shape index (κ3) is 5.72. The van der Waals surface area contributed by atoms with Crippen LogP contribution in [-0.2, 0) is 11.2 Å². The van der Waals surface area contributed by atoms with Gasteiger partial charge < -0.3 is 10.6 Å². The van der Waals surface area contributed by atoms with Crippen LogP contribution in [0.25, 0.3) is 0 Å². The normalized spacial score (nSPS) is 11.6. The summed E-state index contributed by atoms with van der Waals surface area (Å²) < 4.78 is 0. The van der Waals surface area contributed by atoms with Gasteiger partial charge in [-0.1, -0.05) is 59.9 Å². The lowest BCUT2D eigenvalue weighted by atomic mass is 10.1. The van der Waals surface area contributed by atoms with Gasteiger partial charge in [-0.15, -0.1) is 10.2 Å². The number of para-hydroxylation sites is 1. The molecule has 1 heterocycles. The third-order valence-corrected chi connectivity index (χ3v) is 5.15. The lowest BCUT2D eigenvalue weighted by Gasteiger charge is -2.14. The van der Waals surface area contributed by atoms with Crippen LogP contribution in [-0.4, -0.2) is 22.0 Å². The van der Waals surface area contributed by atoms with E-state index in [1.807, 2.05) is 67.6 Å². The number of hydrogen-bond acceptors (Lipinski definition) is 5. The molecule has 2 N–H and O–H groups in total. The fraction of sp³-hybridized carbons (Fsp3) is 0.238. The van der Waals surface area contributed by atoms with E-state index in [0.717, 1.165) is 10.6 Å². The molecular weight excluding hydrogens is 372 g/mol. The molecule has 0 unspecified atom stereocenters. The Balaban J connectivity index is 1.43. The molecule has 2 amide bonds. The van der Waals surface area contributed by atoms with Crippen LogP contribution in [0.3, 0.4) is 0 Å². The molecule has 3 rings (SSSR count). The van der Waals surface area contributed by atoms with Gasteiger partial charge in [-0.2, -0.15) is 0 Å². The number of hydrogen-bond donors (Lipinski definition) is 2. The van der Waals surface area contributed by atoms with Crippen molar-refractivity contribution in [1.82, 2.24) is 15.5 Å². The smallest absolute Gasteiger partial charge is 0.286 e. The van der Waals surface area contributed by atoms with Crippen LogP contribution in [0.4, 0.5) is 5.69 Å². The first-order chi connectivity index (χ1) is 13.6. The molecule has 1 atom stereocenters. The predicted octanol–water partition coefficient (Wildman–Crippen LogP) is 3.99. The van der Waals surface area contributed by atoms with E-state index in [2.05, 4.69) is 20.8 Å².